The van der Waals surface area contributed by atoms with Gasteiger partial charge in [0.1, 0.15) is 5.82 Å². The molecule has 0 spiro atoms. The first kappa shape index (κ1) is 19.3. The fourth-order valence-electron chi connectivity index (χ4n) is 3.04. The fourth-order valence-corrected chi connectivity index (χ4v) is 3.04. The van der Waals surface area contributed by atoms with Gasteiger partial charge in [-0.1, -0.05) is 42.0 Å². The summed E-state index contributed by atoms with van der Waals surface area (Å²) in [6, 6.07) is 14.2. The van der Waals surface area contributed by atoms with Crippen LogP contribution in [-0.4, -0.2) is 43.7 Å². The SMILES string of the molecule is Cc1ccc([C@H](CN2CCOCC2)NC(=O)/C=C/c2ccc(F)cc2)cc1. The Morgan fingerprint density at radius 1 is 1.15 bits per heavy atom. The van der Waals surface area contributed by atoms with Gasteiger partial charge < -0.3 is 10.1 Å². The summed E-state index contributed by atoms with van der Waals surface area (Å²) < 4.78 is 18.4. The Bertz CT molecular complexity index is 766. The highest BCUT2D eigenvalue weighted by atomic mass is 19.1. The van der Waals surface area contributed by atoms with Gasteiger partial charge in [0.15, 0.2) is 0 Å². The number of benzene rings is 2. The van der Waals surface area contributed by atoms with Crippen molar-refractivity contribution in [2.24, 2.45) is 0 Å². The molecule has 1 aliphatic rings. The predicted molar refractivity (Wildman–Crippen MR) is 105 cm³/mol. The standard InChI is InChI=1S/C22H25FN2O2/c1-17-2-7-19(8-3-17)21(16-25-12-14-27-15-13-25)24-22(26)11-6-18-4-9-20(23)10-5-18/h2-11,21H,12-16H2,1H3,(H,24,26)/b11-6+/t21-/m0/s1. The summed E-state index contributed by atoms with van der Waals surface area (Å²) in [5.74, 6) is -0.459. The van der Waals surface area contributed by atoms with Gasteiger partial charge in [0.25, 0.3) is 0 Å². The van der Waals surface area contributed by atoms with Crippen LogP contribution in [0.4, 0.5) is 4.39 Å². The first-order valence-electron chi connectivity index (χ1n) is 9.21. The Hall–Kier alpha value is -2.50. The number of aryl methyl sites for hydroxylation is 1. The molecular formula is C22H25FN2O2. The van der Waals surface area contributed by atoms with Crippen molar-refractivity contribution < 1.29 is 13.9 Å². The number of halogens is 1. The number of amides is 1. The number of ether oxygens (including phenoxy) is 1. The average molecular weight is 368 g/mol. The molecule has 1 aliphatic heterocycles. The van der Waals surface area contributed by atoms with E-state index in [1.54, 1.807) is 18.2 Å². The van der Waals surface area contributed by atoms with Gasteiger partial charge in [-0.05, 0) is 36.3 Å². The molecule has 1 amide bonds. The van der Waals surface area contributed by atoms with E-state index in [-0.39, 0.29) is 17.8 Å². The van der Waals surface area contributed by atoms with Crippen LogP contribution >= 0.6 is 0 Å². The van der Waals surface area contributed by atoms with E-state index < -0.39 is 0 Å². The zero-order valence-electron chi connectivity index (χ0n) is 15.5. The zero-order valence-corrected chi connectivity index (χ0v) is 15.5. The van der Waals surface area contributed by atoms with Crippen molar-refractivity contribution in [3.63, 3.8) is 0 Å². The monoisotopic (exact) mass is 368 g/mol. The van der Waals surface area contributed by atoms with Crippen LogP contribution in [0.2, 0.25) is 0 Å². The van der Waals surface area contributed by atoms with Crippen molar-refractivity contribution >= 4 is 12.0 Å². The van der Waals surface area contributed by atoms with Crippen LogP contribution in [0.15, 0.2) is 54.6 Å². The number of nitrogens with zero attached hydrogens (tertiary/aromatic N) is 1. The molecule has 1 atom stereocenters. The van der Waals surface area contributed by atoms with Gasteiger partial charge in [-0.25, -0.2) is 4.39 Å². The second-order valence-corrected chi connectivity index (χ2v) is 6.77. The van der Waals surface area contributed by atoms with Crippen LogP contribution in [0.5, 0.6) is 0 Å². The quantitative estimate of drug-likeness (QED) is 0.795. The lowest BCUT2D eigenvalue weighted by molar-refractivity contribution is -0.117. The molecule has 2 aromatic rings. The molecule has 0 saturated carbocycles. The highest BCUT2D eigenvalue weighted by Gasteiger charge is 2.19. The van der Waals surface area contributed by atoms with Gasteiger partial charge in [-0.2, -0.15) is 0 Å². The maximum absolute atomic E-state index is 13.0. The highest BCUT2D eigenvalue weighted by molar-refractivity contribution is 5.92. The first-order valence-corrected chi connectivity index (χ1v) is 9.21. The lowest BCUT2D eigenvalue weighted by atomic mass is 10.0. The number of nitrogens with one attached hydrogen (secondary N) is 1. The minimum Gasteiger partial charge on any atom is -0.379 e. The van der Waals surface area contributed by atoms with Gasteiger partial charge in [0.2, 0.25) is 5.91 Å². The Kier molecular flexibility index (Phi) is 6.74. The van der Waals surface area contributed by atoms with E-state index in [0.717, 1.165) is 44.0 Å². The Balaban J connectivity index is 1.68. The van der Waals surface area contributed by atoms with Gasteiger partial charge in [-0.15, -0.1) is 0 Å². The third kappa shape index (κ3) is 6.01. The molecular weight excluding hydrogens is 343 g/mol. The van der Waals surface area contributed by atoms with E-state index in [2.05, 4.69) is 34.5 Å². The maximum Gasteiger partial charge on any atom is 0.244 e. The van der Waals surface area contributed by atoms with Crippen LogP contribution < -0.4 is 5.32 Å². The van der Waals surface area contributed by atoms with E-state index in [4.69, 9.17) is 4.74 Å². The van der Waals surface area contributed by atoms with Crippen LogP contribution in [-0.2, 0) is 9.53 Å². The number of carbonyl (C=O) groups is 1. The van der Waals surface area contributed by atoms with E-state index in [9.17, 15) is 9.18 Å². The Morgan fingerprint density at radius 2 is 1.81 bits per heavy atom. The number of hydrogen-bond donors (Lipinski definition) is 1. The molecule has 0 bridgehead atoms. The molecule has 1 heterocycles. The fraction of sp³-hybridized carbons (Fsp3) is 0.318. The van der Waals surface area contributed by atoms with Gasteiger partial charge in [0.05, 0.1) is 19.3 Å². The number of carbonyl (C=O) groups excluding carboxylic acids is 1. The largest absolute Gasteiger partial charge is 0.379 e. The third-order valence-electron chi connectivity index (χ3n) is 4.64. The molecule has 0 aliphatic carbocycles. The molecule has 5 heteroatoms. The molecule has 0 radical (unpaired) electrons. The minimum atomic E-state index is -0.290. The lowest BCUT2D eigenvalue weighted by Gasteiger charge is -2.31. The van der Waals surface area contributed by atoms with Crippen molar-refractivity contribution in [3.05, 3.63) is 77.1 Å². The molecule has 2 aromatic carbocycles. The van der Waals surface area contributed by atoms with Crippen molar-refractivity contribution in [2.45, 2.75) is 13.0 Å². The topological polar surface area (TPSA) is 41.6 Å². The first-order chi connectivity index (χ1) is 13.1. The number of rotatable bonds is 6. The lowest BCUT2D eigenvalue weighted by Crippen LogP contribution is -2.42. The van der Waals surface area contributed by atoms with Crippen molar-refractivity contribution in [3.8, 4) is 0 Å². The molecule has 0 aromatic heterocycles. The molecule has 142 valence electrons. The van der Waals surface area contributed by atoms with Crippen LogP contribution in [0, 0.1) is 12.7 Å². The highest BCUT2D eigenvalue weighted by Crippen LogP contribution is 2.17. The summed E-state index contributed by atoms with van der Waals surface area (Å²) in [6.07, 6.45) is 3.18. The zero-order chi connectivity index (χ0) is 19.1. The maximum atomic E-state index is 13.0. The van der Waals surface area contributed by atoms with E-state index in [0.29, 0.717) is 0 Å². The molecule has 1 saturated heterocycles. The summed E-state index contributed by atoms with van der Waals surface area (Å²) in [5, 5.41) is 3.10. The molecule has 3 rings (SSSR count). The summed E-state index contributed by atoms with van der Waals surface area (Å²) >= 11 is 0. The summed E-state index contributed by atoms with van der Waals surface area (Å²) in [5.41, 5.74) is 3.05. The smallest absolute Gasteiger partial charge is 0.244 e. The average Bonchev–Trinajstić information content (AvgIpc) is 2.68. The van der Waals surface area contributed by atoms with E-state index >= 15 is 0 Å². The van der Waals surface area contributed by atoms with Gasteiger partial charge in [-0.3, -0.25) is 9.69 Å². The Labute approximate surface area is 159 Å². The van der Waals surface area contributed by atoms with E-state index in [1.807, 2.05) is 6.92 Å². The van der Waals surface area contributed by atoms with E-state index in [1.165, 1.54) is 23.8 Å². The second-order valence-electron chi connectivity index (χ2n) is 6.77. The minimum absolute atomic E-state index is 0.103. The third-order valence-corrected chi connectivity index (χ3v) is 4.64. The summed E-state index contributed by atoms with van der Waals surface area (Å²) in [7, 11) is 0. The Morgan fingerprint density at radius 3 is 2.48 bits per heavy atom. The molecule has 1 N–H and O–H groups in total. The van der Waals surface area contributed by atoms with Crippen molar-refractivity contribution in [1.29, 1.82) is 0 Å². The van der Waals surface area contributed by atoms with Crippen molar-refractivity contribution in [2.75, 3.05) is 32.8 Å². The second kappa shape index (κ2) is 9.44. The molecule has 0 unspecified atom stereocenters. The molecule has 4 nitrogen and oxygen atoms in total. The van der Waals surface area contributed by atoms with Crippen LogP contribution in [0.1, 0.15) is 22.7 Å². The van der Waals surface area contributed by atoms with Crippen LogP contribution in [0.25, 0.3) is 6.08 Å². The normalized spacial score (nSPS) is 16.4. The summed E-state index contributed by atoms with van der Waals surface area (Å²) in [6.45, 7) is 5.96. The van der Waals surface area contributed by atoms with Gasteiger partial charge >= 0.3 is 0 Å². The predicted octanol–water partition coefficient (Wildman–Crippen LogP) is 3.34. The van der Waals surface area contributed by atoms with Crippen LogP contribution in [0.3, 0.4) is 0 Å². The van der Waals surface area contributed by atoms with Crippen molar-refractivity contribution in [1.82, 2.24) is 10.2 Å². The number of hydrogen-bond acceptors (Lipinski definition) is 3. The molecule has 27 heavy (non-hydrogen) atoms. The molecule has 1 fully saturated rings. The van der Waals surface area contributed by atoms with Gasteiger partial charge in [0, 0.05) is 25.7 Å². The summed E-state index contributed by atoms with van der Waals surface area (Å²) in [4.78, 5) is 14.8. The number of morpholine rings is 1.